The second-order valence-corrected chi connectivity index (χ2v) is 5.70. The first-order valence-electron chi connectivity index (χ1n) is 6.80. The van der Waals surface area contributed by atoms with Gasteiger partial charge in [0.2, 0.25) is 5.91 Å². The van der Waals surface area contributed by atoms with Crippen molar-refractivity contribution in [2.45, 2.75) is 19.5 Å². The van der Waals surface area contributed by atoms with Crippen LogP contribution in [-0.4, -0.2) is 30.4 Å². The number of benzene rings is 1. The highest BCUT2D eigenvalue weighted by Crippen LogP contribution is 2.33. The zero-order valence-electron chi connectivity index (χ0n) is 12.0. The lowest BCUT2D eigenvalue weighted by Crippen LogP contribution is -2.36. The van der Waals surface area contributed by atoms with Gasteiger partial charge in [-0.15, -0.1) is 0 Å². The van der Waals surface area contributed by atoms with Crippen LogP contribution in [0.3, 0.4) is 0 Å². The SMILES string of the molecule is CC1=CCCN(CC(=O)Nc2cc(C(F)(F)F)ccc2Cl)C1. The normalized spacial score (nSPS) is 16.3. The van der Waals surface area contributed by atoms with Gasteiger partial charge in [-0.05, 0) is 31.5 Å². The van der Waals surface area contributed by atoms with Crippen LogP contribution in [0.4, 0.5) is 18.9 Å². The Morgan fingerprint density at radius 3 is 2.77 bits per heavy atom. The summed E-state index contributed by atoms with van der Waals surface area (Å²) in [6.07, 6.45) is -1.50. The van der Waals surface area contributed by atoms with E-state index >= 15 is 0 Å². The molecule has 0 radical (unpaired) electrons. The van der Waals surface area contributed by atoms with E-state index in [-0.39, 0.29) is 23.2 Å². The minimum Gasteiger partial charge on any atom is -0.324 e. The molecule has 1 aliphatic rings. The lowest BCUT2D eigenvalue weighted by molar-refractivity contribution is -0.137. The maximum Gasteiger partial charge on any atom is 0.416 e. The van der Waals surface area contributed by atoms with E-state index in [1.54, 1.807) is 0 Å². The van der Waals surface area contributed by atoms with Crippen LogP contribution in [0.15, 0.2) is 29.8 Å². The van der Waals surface area contributed by atoms with Crippen LogP contribution >= 0.6 is 11.6 Å². The van der Waals surface area contributed by atoms with Gasteiger partial charge >= 0.3 is 6.18 Å². The number of carbonyl (C=O) groups is 1. The first-order valence-corrected chi connectivity index (χ1v) is 7.18. The minimum absolute atomic E-state index is 0.0224. The fourth-order valence-electron chi connectivity index (χ4n) is 2.32. The maximum atomic E-state index is 12.7. The molecule has 7 heteroatoms. The van der Waals surface area contributed by atoms with Crippen molar-refractivity contribution in [2.24, 2.45) is 0 Å². The van der Waals surface area contributed by atoms with Crippen molar-refractivity contribution in [3.8, 4) is 0 Å². The van der Waals surface area contributed by atoms with E-state index in [0.717, 1.165) is 31.2 Å². The number of halogens is 4. The number of hydrogen-bond donors (Lipinski definition) is 1. The van der Waals surface area contributed by atoms with Gasteiger partial charge in [0.1, 0.15) is 0 Å². The van der Waals surface area contributed by atoms with Crippen LogP contribution in [-0.2, 0) is 11.0 Å². The number of nitrogens with one attached hydrogen (secondary N) is 1. The topological polar surface area (TPSA) is 32.3 Å². The first kappa shape index (κ1) is 16.8. The average Bonchev–Trinajstić information content (AvgIpc) is 2.40. The summed E-state index contributed by atoms with van der Waals surface area (Å²) < 4.78 is 38.0. The molecular weight excluding hydrogens is 317 g/mol. The molecule has 3 nitrogen and oxygen atoms in total. The molecule has 1 amide bonds. The quantitative estimate of drug-likeness (QED) is 0.850. The number of rotatable bonds is 3. The summed E-state index contributed by atoms with van der Waals surface area (Å²) in [5, 5.41) is 2.53. The van der Waals surface area contributed by atoms with Gasteiger partial charge in [-0.3, -0.25) is 9.69 Å². The zero-order valence-corrected chi connectivity index (χ0v) is 12.8. The number of amides is 1. The molecule has 120 valence electrons. The lowest BCUT2D eigenvalue weighted by atomic mass is 10.1. The predicted octanol–water partition coefficient (Wildman–Crippen LogP) is 3.95. The summed E-state index contributed by atoms with van der Waals surface area (Å²) in [4.78, 5) is 13.9. The summed E-state index contributed by atoms with van der Waals surface area (Å²) in [7, 11) is 0. The summed E-state index contributed by atoms with van der Waals surface area (Å²) in [6, 6.07) is 2.87. The summed E-state index contributed by atoms with van der Waals surface area (Å²) >= 11 is 5.85. The third-order valence-electron chi connectivity index (χ3n) is 3.35. The van der Waals surface area contributed by atoms with E-state index in [1.165, 1.54) is 5.57 Å². The maximum absolute atomic E-state index is 12.7. The minimum atomic E-state index is -4.47. The standard InChI is InChI=1S/C15H16ClF3N2O/c1-10-3-2-6-21(8-10)9-14(22)20-13-7-11(15(17,18)19)4-5-12(13)16/h3-5,7H,2,6,8-9H2,1H3,(H,20,22). The second kappa shape index (κ2) is 6.71. The fourth-order valence-corrected chi connectivity index (χ4v) is 2.48. The Labute approximate surface area is 131 Å². The number of hydrogen-bond acceptors (Lipinski definition) is 2. The van der Waals surface area contributed by atoms with Crippen molar-refractivity contribution >= 4 is 23.2 Å². The molecule has 0 aromatic heterocycles. The Balaban J connectivity index is 2.03. The molecule has 1 aliphatic heterocycles. The molecule has 1 heterocycles. The zero-order chi connectivity index (χ0) is 16.3. The molecule has 1 N–H and O–H groups in total. The molecule has 0 saturated heterocycles. The van der Waals surface area contributed by atoms with Crippen LogP contribution in [0.2, 0.25) is 5.02 Å². The van der Waals surface area contributed by atoms with Crippen LogP contribution in [0, 0.1) is 0 Å². The Morgan fingerprint density at radius 1 is 1.41 bits per heavy atom. The summed E-state index contributed by atoms with van der Waals surface area (Å²) in [5.41, 5.74) is 0.311. The fraction of sp³-hybridized carbons (Fsp3) is 0.400. The molecule has 22 heavy (non-hydrogen) atoms. The van der Waals surface area contributed by atoms with Crippen molar-refractivity contribution < 1.29 is 18.0 Å². The number of anilines is 1. The monoisotopic (exact) mass is 332 g/mol. The Bertz CT molecular complexity index is 599. The summed E-state index contributed by atoms with van der Waals surface area (Å²) in [6.45, 7) is 3.54. The molecule has 2 rings (SSSR count). The Kier molecular flexibility index (Phi) is 5.13. The van der Waals surface area contributed by atoms with Gasteiger partial charge in [0.05, 0.1) is 22.8 Å². The van der Waals surface area contributed by atoms with E-state index in [4.69, 9.17) is 11.6 Å². The molecule has 0 aliphatic carbocycles. The smallest absolute Gasteiger partial charge is 0.324 e. The van der Waals surface area contributed by atoms with Gasteiger partial charge in [0.25, 0.3) is 0 Å². The third-order valence-corrected chi connectivity index (χ3v) is 3.68. The van der Waals surface area contributed by atoms with Crippen molar-refractivity contribution in [3.63, 3.8) is 0 Å². The molecule has 0 atom stereocenters. The second-order valence-electron chi connectivity index (χ2n) is 5.29. The highest BCUT2D eigenvalue weighted by Gasteiger charge is 2.31. The Hall–Kier alpha value is -1.53. The summed E-state index contributed by atoms with van der Waals surface area (Å²) in [5.74, 6) is -0.379. The molecule has 1 aromatic carbocycles. The molecule has 1 aromatic rings. The van der Waals surface area contributed by atoms with E-state index < -0.39 is 11.7 Å². The van der Waals surface area contributed by atoms with Crippen LogP contribution < -0.4 is 5.32 Å². The van der Waals surface area contributed by atoms with E-state index in [9.17, 15) is 18.0 Å². The van der Waals surface area contributed by atoms with Gasteiger partial charge in [0, 0.05) is 13.1 Å². The van der Waals surface area contributed by atoms with Crippen molar-refractivity contribution in [3.05, 3.63) is 40.4 Å². The van der Waals surface area contributed by atoms with Crippen molar-refractivity contribution in [2.75, 3.05) is 25.0 Å². The van der Waals surface area contributed by atoms with E-state index in [2.05, 4.69) is 11.4 Å². The van der Waals surface area contributed by atoms with Gasteiger partial charge in [0.15, 0.2) is 0 Å². The molecule has 0 bridgehead atoms. The van der Waals surface area contributed by atoms with Gasteiger partial charge in [-0.2, -0.15) is 13.2 Å². The third kappa shape index (κ3) is 4.48. The van der Waals surface area contributed by atoms with Crippen LogP contribution in [0.5, 0.6) is 0 Å². The van der Waals surface area contributed by atoms with Crippen LogP contribution in [0.25, 0.3) is 0 Å². The largest absolute Gasteiger partial charge is 0.416 e. The van der Waals surface area contributed by atoms with Crippen molar-refractivity contribution in [1.29, 1.82) is 0 Å². The molecule has 0 spiro atoms. The predicted molar refractivity (Wildman–Crippen MR) is 79.9 cm³/mol. The lowest BCUT2D eigenvalue weighted by Gasteiger charge is -2.25. The molecule has 0 saturated carbocycles. The van der Waals surface area contributed by atoms with E-state index in [0.29, 0.717) is 6.54 Å². The first-order chi connectivity index (χ1) is 10.3. The highest BCUT2D eigenvalue weighted by molar-refractivity contribution is 6.33. The van der Waals surface area contributed by atoms with Gasteiger partial charge in [-0.1, -0.05) is 23.3 Å². The van der Waals surface area contributed by atoms with Gasteiger partial charge in [-0.25, -0.2) is 0 Å². The highest BCUT2D eigenvalue weighted by atomic mass is 35.5. The Morgan fingerprint density at radius 2 is 2.14 bits per heavy atom. The number of carbonyl (C=O) groups excluding carboxylic acids is 1. The van der Waals surface area contributed by atoms with Crippen molar-refractivity contribution in [1.82, 2.24) is 4.90 Å². The average molecular weight is 333 g/mol. The molecule has 0 unspecified atom stereocenters. The number of nitrogens with zero attached hydrogens (tertiary/aromatic N) is 1. The van der Waals surface area contributed by atoms with E-state index in [1.807, 2.05) is 11.8 Å². The molecule has 0 fully saturated rings. The molecular formula is C15H16ClF3N2O. The number of alkyl halides is 3. The van der Waals surface area contributed by atoms with Gasteiger partial charge < -0.3 is 5.32 Å². The van der Waals surface area contributed by atoms with Crippen LogP contribution in [0.1, 0.15) is 18.9 Å².